The van der Waals surface area contributed by atoms with Crippen molar-refractivity contribution in [3.63, 3.8) is 0 Å². The van der Waals surface area contributed by atoms with Crippen molar-refractivity contribution in [3.8, 4) is 16.8 Å². The number of fused-ring (bicyclic) bond motifs is 9. The summed E-state index contributed by atoms with van der Waals surface area (Å²) in [5, 5.41) is 7.44. The van der Waals surface area contributed by atoms with Crippen LogP contribution in [0, 0.1) is 6.92 Å². The van der Waals surface area contributed by atoms with E-state index >= 15 is 0 Å². The van der Waals surface area contributed by atoms with Gasteiger partial charge < -0.3 is 9.47 Å². The van der Waals surface area contributed by atoms with Gasteiger partial charge in [0.15, 0.2) is 0 Å². The van der Waals surface area contributed by atoms with Crippen LogP contribution in [0.15, 0.2) is 224 Å². The van der Waals surface area contributed by atoms with Gasteiger partial charge in [-0.2, -0.15) is 0 Å². The number of benzene rings is 10. The van der Waals surface area contributed by atoms with E-state index in [-0.39, 0.29) is 0 Å². The summed E-state index contributed by atoms with van der Waals surface area (Å²) >= 11 is 0. The first-order valence-corrected chi connectivity index (χ1v) is 20.8. The van der Waals surface area contributed by atoms with Crippen molar-refractivity contribution < 1.29 is 0 Å². The fraction of sp³-hybridized carbons (Fsp3) is 0.0345. The number of hydrogen-bond acceptors (Lipinski definition) is 1. The van der Waals surface area contributed by atoms with Crippen LogP contribution in [0.3, 0.4) is 0 Å². The molecule has 0 bridgehead atoms. The maximum absolute atomic E-state index is 2.53. The molecule has 0 amide bonds. The largest absolute Gasteiger partial charge is 0.310 e. The summed E-state index contributed by atoms with van der Waals surface area (Å²) in [5.74, 6) is 0. The predicted molar refractivity (Wildman–Crippen MR) is 253 cm³/mol. The molecule has 0 saturated carbocycles. The molecule has 0 spiro atoms. The molecular formula is C58H40N2. The van der Waals surface area contributed by atoms with Crippen LogP contribution in [-0.2, 0) is 5.41 Å². The lowest BCUT2D eigenvalue weighted by molar-refractivity contribution is 0.768. The number of aromatic nitrogens is 1. The molecule has 0 atom stereocenters. The van der Waals surface area contributed by atoms with E-state index < -0.39 is 5.41 Å². The molecule has 1 aliphatic rings. The highest BCUT2D eigenvalue weighted by Crippen LogP contribution is 2.60. The van der Waals surface area contributed by atoms with Crippen LogP contribution in [0.25, 0.3) is 60.2 Å². The minimum absolute atomic E-state index is 0.636. The van der Waals surface area contributed by atoms with Crippen LogP contribution >= 0.6 is 0 Å². The first-order chi connectivity index (χ1) is 29.7. The van der Waals surface area contributed by atoms with Gasteiger partial charge in [0.2, 0.25) is 0 Å². The smallest absolute Gasteiger partial charge is 0.0715 e. The lowest BCUT2D eigenvalue weighted by Crippen LogP contribution is -2.29. The second-order valence-electron chi connectivity index (χ2n) is 16.1. The first kappa shape index (κ1) is 34.4. The van der Waals surface area contributed by atoms with E-state index in [2.05, 4.69) is 241 Å². The second-order valence-corrected chi connectivity index (χ2v) is 16.1. The summed E-state index contributed by atoms with van der Waals surface area (Å²) in [6.45, 7) is 2.16. The van der Waals surface area contributed by atoms with E-state index in [4.69, 9.17) is 0 Å². The average molecular weight is 765 g/mol. The van der Waals surface area contributed by atoms with E-state index in [1.54, 1.807) is 0 Å². The Kier molecular flexibility index (Phi) is 7.70. The second kappa shape index (κ2) is 13.4. The molecule has 1 aliphatic carbocycles. The standard InChI is InChI=1S/C58H40N2/c1-39-28-31-44(32-29-39)59(45-33-30-40-16-8-9-17-41(40)36-45)46-34-35-51-52(37-46)58(42-18-4-2-5-19-42,43-20-6-3-7-21-43)53-38-56(49-24-10-11-25-50(49)57(51)53)60-54-26-14-12-22-47(54)48-23-13-15-27-55(48)60/h2-38H,1H3. The highest BCUT2D eigenvalue weighted by Gasteiger charge is 2.47. The third-order valence-corrected chi connectivity index (χ3v) is 12.9. The van der Waals surface area contributed by atoms with Gasteiger partial charge in [-0.15, -0.1) is 0 Å². The monoisotopic (exact) mass is 764 g/mol. The van der Waals surface area contributed by atoms with Gasteiger partial charge in [-0.1, -0.05) is 175 Å². The number of nitrogens with zero attached hydrogens (tertiary/aromatic N) is 2. The molecule has 0 radical (unpaired) electrons. The van der Waals surface area contributed by atoms with Crippen LogP contribution in [0.1, 0.15) is 27.8 Å². The number of rotatable bonds is 6. The van der Waals surface area contributed by atoms with Crippen molar-refractivity contribution in [1.82, 2.24) is 4.57 Å². The molecule has 0 unspecified atom stereocenters. The Hall–Kier alpha value is -7.68. The van der Waals surface area contributed by atoms with E-state index in [0.29, 0.717) is 0 Å². The molecule has 12 rings (SSSR count). The van der Waals surface area contributed by atoms with E-state index in [9.17, 15) is 0 Å². The van der Waals surface area contributed by atoms with Gasteiger partial charge in [-0.25, -0.2) is 0 Å². The van der Waals surface area contributed by atoms with Gasteiger partial charge in [0.1, 0.15) is 0 Å². The number of anilines is 3. The summed E-state index contributed by atoms with van der Waals surface area (Å²) in [7, 11) is 0. The summed E-state index contributed by atoms with van der Waals surface area (Å²) in [4.78, 5) is 2.43. The molecule has 0 N–H and O–H groups in total. The summed E-state index contributed by atoms with van der Waals surface area (Å²) in [5.41, 5.74) is 15.1. The minimum atomic E-state index is -0.636. The van der Waals surface area contributed by atoms with Crippen molar-refractivity contribution in [2.75, 3.05) is 4.90 Å². The molecule has 60 heavy (non-hydrogen) atoms. The van der Waals surface area contributed by atoms with Gasteiger partial charge in [0, 0.05) is 33.2 Å². The first-order valence-electron chi connectivity index (χ1n) is 20.8. The summed E-state index contributed by atoms with van der Waals surface area (Å²) in [6, 6.07) is 83.3. The van der Waals surface area contributed by atoms with Crippen LogP contribution in [-0.4, -0.2) is 4.57 Å². The average Bonchev–Trinajstić information content (AvgIpc) is 3.80. The minimum Gasteiger partial charge on any atom is -0.310 e. The molecule has 0 fully saturated rings. The third kappa shape index (κ3) is 5.01. The SMILES string of the molecule is Cc1ccc(N(c2ccc3c(c2)C(c2ccccc2)(c2ccccc2)c2cc(-n4c5ccccc5c5ccccc54)c4ccccc4c2-3)c2ccc3ccccc3c2)cc1. The lowest BCUT2D eigenvalue weighted by Gasteiger charge is -2.35. The van der Waals surface area contributed by atoms with Crippen molar-refractivity contribution in [2.24, 2.45) is 0 Å². The van der Waals surface area contributed by atoms with Crippen molar-refractivity contribution in [3.05, 3.63) is 252 Å². The molecular weight excluding hydrogens is 725 g/mol. The van der Waals surface area contributed by atoms with Crippen molar-refractivity contribution in [2.45, 2.75) is 12.3 Å². The Bertz CT molecular complexity index is 3340. The Balaban J connectivity index is 1.21. The zero-order valence-electron chi connectivity index (χ0n) is 33.3. The predicted octanol–water partition coefficient (Wildman–Crippen LogP) is 15.2. The maximum Gasteiger partial charge on any atom is 0.0715 e. The summed E-state index contributed by atoms with van der Waals surface area (Å²) in [6.07, 6.45) is 0. The van der Waals surface area contributed by atoms with E-state index in [1.807, 2.05) is 0 Å². The molecule has 1 aromatic heterocycles. The molecule has 1 heterocycles. The normalized spacial score (nSPS) is 12.9. The maximum atomic E-state index is 2.53. The van der Waals surface area contributed by atoms with E-state index in [1.165, 1.54) is 88.0 Å². The zero-order valence-corrected chi connectivity index (χ0v) is 33.3. The molecule has 2 heteroatoms. The fourth-order valence-corrected chi connectivity index (χ4v) is 10.3. The van der Waals surface area contributed by atoms with E-state index in [0.717, 1.165) is 17.1 Å². The van der Waals surface area contributed by atoms with Crippen molar-refractivity contribution in [1.29, 1.82) is 0 Å². The Morgan fingerprint density at radius 1 is 0.383 bits per heavy atom. The Labute approximate surface area is 349 Å². The zero-order chi connectivity index (χ0) is 39.8. The molecule has 10 aromatic carbocycles. The quantitative estimate of drug-likeness (QED) is 0.164. The molecule has 2 nitrogen and oxygen atoms in total. The molecule has 0 aliphatic heterocycles. The molecule has 282 valence electrons. The molecule has 0 saturated heterocycles. The van der Waals surface area contributed by atoms with Gasteiger partial charge in [-0.05, 0) is 111 Å². The lowest BCUT2D eigenvalue weighted by atomic mass is 9.67. The fourth-order valence-electron chi connectivity index (χ4n) is 10.3. The van der Waals surface area contributed by atoms with Gasteiger partial charge in [-0.3, -0.25) is 0 Å². The van der Waals surface area contributed by atoms with Crippen LogP contribution in [0.2, 0.25) is 0 Å². The molecule has 11 aromatic rings. The highest BCUT2D eigenvalue weighted by molar-refractivity contribution is 6.13. The van der Waals surface area contributed by atoms with Gasteiger partial charge >= 0.3 is 0 Å². The van der Waals surface area contributed by atoms with Crippen molar-refractivity contribution >= 4 is 60.4 Å². The topological polar surface area (TPSA) is 8.17 Å². The third-order valence-electron chi connectivity index (χ3n) is 12.9. The van der Waals surface area contributed by atoms with Crippen LogP contribution < -0.4 is 4.90 Å². The summed E-state index contributed by atoms with van der Waals surface area (Å²) < 4.78 is 2.50. The van der Waals surface area contributed by atoms with Gasteiger partial charge in [0.05, 0.1) is 22.1 Å². The van der Waals surface area contributed by atoms with Crippen LogP contribution in [0.4, 0.5) is 17.1 Å². The number of hydrogen-bond donors (Lipinski definition) is 0. The highest BCUT2D eigenvalue weighted by atomic mass is 15.1. The Morgan fingerprint density at radius 3 is 1.57 bits per heavy atom. The number of para-hydroxylation sites is 2. The number of aryl methyl sites for hydroxylation is 1. The van der Waals surface area contributed by atoms with Gasteiger partial charge in [0.25, 0.3) is 0 Å². The Morgan fingerprint density at radius 2 is 0.900 bits per heavy atom. The van der Waals surface area contributed by atoms with Crippen LogP contribution in [0.5, 0.6) is 0 Å².